The first-order valence-electron chi connectivity index (χ1n) is 12.8. The van der Waals surface area contributed by atoms with E-state index < -0.39 is 0 Å². The summed E-state index contributed by atoms with van der Waals surface area (Å²) >= 11 is 0. The molecule has 4 aliphatic rings. The summed E-state index contributed by atoms with van der Waals surface area (Å²) in [5.74, 6) is 0. The third-order valence-corrected chi connectivity index (χ3v) is 8.22. The number of hydrogen-bond donors (Lipinski definition) is 0. The van der Waals surface area contributed by atoms with Gasteiger partial charge in [-0.3, -0.25) is 4.90 Å². The van der Waals surface area contributed by atoms with E-state index in [0.717, 1.165) is 76.9 Å². The number of ether oxygens (including phenoxy) is 2. The monoisotopic (exact) mass is 470 g/mol. The largest absolute Gasteiger partial charge is 0.444 e. The molecule has 8 nitrogen and oxygen atoms in total. The minimum Gasteiger partial charge on any atom is -0.444 e. The smallest absolute Gasteiger partial charge is 0.410 e. The third kappa shape index (κ3) is 4.50. The molecular weight excluding hydrogens is 432 g/mol. The second-order valence-corrected chi connectivity index (χ2v) is 10.5. The molecular formula is C26H38N4O4. The molecule has 4 aliphatic heterocycles. The van der Waals surface area contributed by atoms with Gasteiger partial charge in [0, 0.05) is 57.3 Å². The molecule has 1 aromatic carbocycles. The molecule has 0 N–H and O–H groups in total. The van der Waals surface area contributed by atoms with Crippen molar-refractivity contribution in [2.45, 2.75) is 56.1 Å². The topological polar surface area (TPSA) is 65.6 Å². The van der Waals surface area contributed by atoms with Crippen LogP contribution in [0.15, 0.2) is 24.3 Å². The first-order valence-corrected chi connectivity index (χ1v) is 12.8. The van der Waals surface area contributed by atoms with Gasteiger partial charge in [-0.25, -0.2) is 9.59 Å². The molecule has 4 heterocycles. The van der Waals surface area contributed by atoms with Crippen LogP contribution in [0.4, 0.5) is 15.3 Å². The molecule has 3 saturated heterocycles. The highest BCUT2D eigenvalue weighted by molar-refractivity contribution is 5.95. The maximum Gasteiger partial charge on any atom is 0.410 e. The van der Waals surface area contributed by atoms with Crippen molar-refractivity contribution in [2.75, 3.05) is 64.9 Å². The van der Waals surface area contributed by atoms with Crippen molar-refractivity contribution in [1.29, 1.82) is 0 Å². The minimum atomic E-state index is -0.179. The Bertz CT molecular complexity index is 893. The molecule has 186 valence electrons. The maximum atomic E-state index is 12.9. The van der Waals surface area contributed by atoms with Gasteiger partial charge in [0.2, 0.25) is 0 Å². The minimum absolute atomic E-state index is 0.0443. The number of benzene rings is 1. The Kier molecular flexibility index (Phi) is 6.71. The number of carbonyl (C=O) groups excluding carboxylic acids is 2. The molecule has 0 aliphatic carbocycles. The Morgan fingerprint density at radius 2 is 1.85 bits per heavy atom. The zero-order valence-electron chi connectivity index (χ0n) is 20.6. The number of piperidine rings is 1. The van der Waals surface area contributed by atoms with E-state index in [9.17, 15) is 9.59 Å². The molecule has 34 heavy (non-hydrogen) atoms. The van der Waals surface area contributed by atoms with Crippen molar-refractivity contribution in [3.05, 3.63) is 29.8 Å². The second kappa shape index (κ2) is 9.74. The van der Waals surface area contributed by atoms with Crippen LogP contribution in [0, 0.1) is 0 Å². The van der Waals surface area contributed by atoms with Crippen molar-refractivity contribution in [3.8, 4) is 0 Å². The van der Waals surface area contributed by atoms with Gasteiger partial charge in [0.05, 0.1) is 13.2 Å². The molecule has 1 unspecified atom stereocenters. The molecule has 1 aromatic rings. The summed E-state index contributed by atoms with van der Waals surface area (Å²) in [4.78, 5) is 33.6. The van der Waals surface area contributed by atoms with Crippen LogP contribution in [0.25, 0.3) is 0 Å². The highest BCUT2D eigenvalue weighted by Crippen LogP contribution is 2.47. The van der Waals surface area contributed by atoms with E-state index in [4.69, 9.17) is 9.47 Å². The van der Waals surface area contributed by atoms with Gasteiger partial charge >= 0.3 is 12.1 Å². The molecule has 0 aromatic heterocycles. The molecule has 0 radical (unpaired) electrons. The van der Waals surface area contributed by atoms with Crippen molar-refractivity contribution in [1.82, 2.24) is 14.7 Å². The Morgan fingerprint density at radius 1 is 1.06 bits per heavy atom. The fourth-order valence-electron chi connectivity index (χ4n) is 6.24. The molecule has 2 atom stereocenters. The summed E-state index contributed by atoms with van der Waals surface area (Å²) in [6, 6.07) is 9.01. The second-order valence-electron chi connectivity index (χ2n) is 10.5. The average molecular weight is 471 g/mol. The van der Waals surface area contributed by atoms with Crippen molar-refractivity contribution in [3.63, 3.8) is 0 Å². The molecule has 8 heteroatoms. The average Bonchev–Trinajstić information content (AvgIpc) is 3.38. The van der Waals surface area contributed by atoms with E-state index in [2.05, 4.69) is 23.1 Å². The highest BCUT2D eigenvalue weighted by atomic mass is 16.6. The number of anilines is 1. The van der Waals surface area contributed by atoms with Crippen LogP contribution in [-0.2, 0) is 14.9 Å². The summed E-state index contributed by atoms with van der Waals surface area (Å²) in [7, 11) is 3.65. The van der Waals surface area contributed by atoms with Gasteiger partial charge in [-0.05, 0) is 56.8 Å². The number of urea groups is 1. The lowest BCUT2D eigenvalue weighted by Gasteiger charge is -2.43. The van der Waals surface area contributed by atoms with Gasteiger partial charge in [0.1, 0.15) is 6.10 Å². The van der Waals surface area contributed by atoms with Gasteiger partial charge in [-0.1, -0.05) is 18.2 Å². The Hall–Kier alpha value is -2.32. The van der Waals surface area contributed by atoms with Gasteiger partial charge in [0.25, 0.3) is 0 Å². The number of rotatable bonds is 2. The van der Waals surface area contributed by atoms with Crippen LogP contribution < -0.4 is 4.90 Å². The molecule has 3 amide bonds. The summed E-state index contributed by atoms with van der Waals surface area (Å²) < 4.78 is 11.0. The van der Waals surface area contributed by atoms with Crippen LogP contribution in [0.3, 0.4) is 0 Å². The van der Waals surface area contributed by atoms with Crippen molar-refractivity contribution >= 4 is 17.8 Å². The Balaban J connectivity index is 1.19. The fourth-order valence-corrected chi connectivity index (χ4v) is 6.24. The number of nitrogens with zero attached hydrogens (tertiary/aromatic N) is 4. The number of hydrogen-bond acceptors (Lipinski definition) is 5. The fraction of sp³-hybridized carbons (Fsp3) is 0.692. The van der Waals surface area contributed by atoms with E-state index in [-0.39, 0.29) is 23.6 Å². The molecule has 1 spiro atoms. The lowest BCUT2D eigenvalue weighted by atomic mass is 9.74. The van der Waals surface area contributed by atoms with Gasteiger partial charge in [-0.15, -0.1) is 0 Å². The van der Waals surface area contributed by atoms with Gasteiger partial charge < -0.3 is 24.2 Å². The summed E-state index contributed by atoms with van der Waals surface area (Å²) in [6.07, 6.45) is 5.78. The normalized spacial score (nSPS) is 26.9. The Morgan fingerprint density at radius 3 is 2.59 bits per heavy atom. The molecule has 0 saturated carbocycles. The summed E-state index contributed by atoms with van der Waals surface area (Å²) in [6.45, 7) is 5.58. The number of para-hydroxylation sites is 1. The molecule has 0 bridgehead atoms. The first-order chi connectivity index (χ1) is 16.5. The zero-order valence-corrected chi connectivity index (χ0v) is 20.6. The first kappa shape index (κ1) is 23.4. The van der Waals surface area contributed by atoms with Gasteiger partial charge in [0.15, 0.2) is 0 Å². The van der Waals surface area contributed by atoms with Gasteiger partial charge in [-0.2, -0.15) is 0 Å². The lowest BCUT2D eigenvalue weighted by Crippen LogP contribution is -2.50. The van der Waals surface area contributed by atoms with E-state index in [1.165, 1.54) is 5.56 Å². The number of carbonyl (C=O) groups is 2. The molecule has 3 fully saturated rings. The van der Waals surface area contributed by atoms with Crippen LogP contribution in [0.5, 0.6) is 0 Å². The SMILES string of the molecule is CN(C)C(=O)N1CC2(CCN(C3CCCN(C(=O)O[C@H]4CCOC4)CC3)CC2)c2ccccc21. The Labute approximate surface area is 202 Å². The predicted octanol–water partition coefficient (Wildman–Crippen LogP) is 3.30. The van der Waals surface area contributed by atoms with Crippen molar-refractivity contribution in [2.24, 2.45) is 0 Å². The summed E-state index contributed by atoms with van der Waals surface area (Å²) in [5, 5.41) is 0. The number of fused-ring (bicyclic) bond motifs is 2. The third-order valence-electron chi connectivity index (χ3n) is 8.22. The maximum absolute atomic E-state index is 12.9. The lowest BCUT2D eigenvalue weighted by molar-refractivity contribution is 0.0542. The number of amides is 3. The van der Waals surface area contributed by atoms with Crippen LogP contribution in [0.1, 0.15) is 44.1 Å². The van der Waals surface area contributed by atoms with E-state index in [0.29, 0.717) is 19.3 Å². The van der Waals surface area contributed by atoms with Crippen LogP contribution in [0.2, 0.25) is 0 Å². The van der Waals surface area contributed by atoms with Crippen LogP contribution >= 0.6 is 0 Å². The summed E-state index contributed by atoms with van der Waals surface area (Å²) in [5.41, 5.74) is 2.45. The quantitative estimate of drug-likeness (QED) is 0.664. The predicted molar refractivity (Wildman–Crippen MR) is 130 cm³/mol. The number of likely N-dealkylation sites (tertiary alicyclic amines) is 2. The van der Waals surface area contributed by atoms with E-state index in [1.54, 1.807) is 4.90 Å². The van der Waals surface area contributed by atoms with Crippen LogP contribution in [-0.4, -0.2) is 99.0 Å². The van der Waals surface area contributed by atoms with E-state index in [1.807, 2.05) is 30.0 Å². The van der Waals surface area contributed by atoms with E-state index >= 15 is 0 Å². The standard InChI is InChI=1S/C26H38N4O4/c1-27(2)24(31)30-19-26(22-7-3-4-8-23(22)30)11-15-28(16-12-26)20-6-5-13-29(14-9-20)25(32)34-21-10-17-33-18-21/h3-4,7-8,20-21H,5-6,9-19H2,1-2H3/t20?,21-/m0/s1. The zero-order chi connectivity index (χ0) is 23.7. The molecule has 5 rings (SSSR count). The highest BCUT2D eigenvalue weighted by Gasteiger charge is 2.47. The van der Waals surface area contributed by atoms with Crippen molar-refractivity contribution < 1.29 is 19.1 Å².